The normalized spacial score (nSPS) is 13.9. The molecule has 1 aliphatic heterocycles. The molecule has 222 valence electrons. The Balaban J connectivity index is 1.36. The van der Waals surface area contributed by atoms with Crippen molar-refractivity contribution in [3.8, 4) is 17.2 Å². The van der Waals surface area contributed by atoms with Gasteiger partial charge in [0.25, 0.3) is 17.5 Å². The molecule has 0 aliphatic carbocycles. The Hall–Kier alpha value is -5.68. The van der Waals surface area contributed by atoms with Crippen molar-refractivity contribution >= 4 is 46.9 Å². The molecule has 1 heterocycles. The summed E-state index contributed by atoms with van der Waals surface area (Å²) in [5, 5.41) is 14.0. The average Bonchev–Trinajstić information content (AvgIpc) is 3.02. The third kappa shape index (κ3) is 6.85. The number of methoxy groups -OCH3 is 1. The molecule has 0 atom stereocenters. The largest absolute Gasteiger partial charge is 0.497 e. The number of hydrogen-bond acceptors (Lipinski definition) is 8. The molecular weight excluding hydrogens is 590 g/mol. The molecule has 1 N–H and O–H groups in total. The van der Waals surface area contributed by atoms with E-state index in [1.165, 1.54) is 37.5 Å². The smallest absolute Gasteiger partial charge is 0.335 e. The van der Waals surface area contributed by atoms with Crippen molar-refractivity contribution in [2.45, 2.75) is 13.2 Å². The molecule has 1 saturated heterocycles. The van der Waals surface area contributed by atoms with Gasteiger partial charge in [-0.15, -0.1) is 0 Å². The molecule has 5 rings (SSSR count). The van der Waals surface area contributed by atoms with Crippen LogP contribution in [0.15, 0.2) is 96.6 Å². The first-order valence-electron chi connectivity index (χ1n) is 13.1. The van der Waals surface area contributed by atoms with Gasteiger partial charge < -0.3 is 14.2 Å². The predicted octanol–water partition coefficient (Wildman–Crippen LogP) is 6.08. The number of carbonyl (C=O) groups is 3. The van der Waals surface area contributed by atoms with Crippen LogP contribution in [0.1, 0.15) is 16.7 Å². The van der Waals surface area contributed by atoms with E-state index in [1.807, 2.05) is 12.1 Å². The fraction of sp³-hybridized carbons (Fsp3) is 0.0938. The van der Waals surface area contributed by atoms with Crippen LogP contribution in [0.25, 0.3) is 6.08 Å². The highest BCUT2D eigenvalue weighted by Gasteiger charge is 2.37. The van der Waals surface area contributed by atoms with Gasteiger partial charge in [0.15, 0.2) is 0 Å². The molecule has 1 aliphatic rings. The number of amides is 4. The van der Waals surface area contributed by atoms with Crippen LogP contribution >= 0.6 is 11.6 Å². The van der Waals surface area contributed by atoms with Gasteiger partial charge in [-0.1, -0.05) is 35.9 Å². The Morgan fingerprint density at radius 1 is 0.864 bits per heavy atom. The van der Waals surface area contributed by atoms with Crippen LogP contribution < -0.4 is 24.4 Å². The third-order valence-corrected chi connectivity index (χ3v) is 6.80. The number of nitro groups is 1. The van der Waals surface area contributed by atoms with Crippen molar-refractivity contribution in [2.24, 2.45) is 0 Å². The monoisotopic (exact) mass is 613 g/mol. The maximum Gasteiger partial charge on any atom is 0.335 e. The van der Waals surface area contributed by atoms with E-state index < -0.39 is 22.8 Å². The van der Waals surface area contributed by atoms with E-state index in [0.717, 1.165) is 10.5 Å². The van der Waals surface area contributed by atoms with Gasteiger partial charge >= 0.3 is 6.03 Å². The highest BCUT2D eigenvalue weighted by Crippen LogP contribution is 2.30. The van der Waals surface area contributed by atoms with Gasteiger partial charge in [0.05, 0.1) is 17.7 Å². The summed E-state index contributed by atoms with van der Waals surface area (Å²) in [6.07, 6.45) is 1.31. The van der Waals surface area contributed by atoms with Crippen LogP contribution in [0.2, 0.25) is 5.02 Å². The summed E-state index contributed by atoms with van der Waals surface area (Å²) in [7, 11) is 1.47. The number of non-ortho nitro benzene ring substituents is 1. The number of hydrogen-bond donors (Lipinski definition) is 1. The van der Waals surface area contributed by atoms with E-state index in [2.05, 4.69) is 5.32 Å². The van der Waals surface area contributed by atoms with E-state index in [0.29, 0.717) is 27.6 Å². The summed E-state index contributed by atoms with van der Waals surface area (Å²) in [4.78, 5) is 50.5. The number of barbiturate groups is 1. The van der Waals surface area contributed by atoms with Crippen LogP contribution in [0.5, 0.6) is 17.2 Å². The van der Waals surface area contributed by atoms with Crippen molar-refractivity contribution in [1.29, 1.82) is 0 Å². The average molecular weight is 614 g/mol. The number of imide groups is 2. The minimum atomic E-state index is -0.899. The number of nitro benzene ring substituents is 1. The maximum atomic E-state index is 13.5. The number of nitrogens with one attached hydrogen (secondary N) is 1. The van der Waals surface area contributed by atoms with Gasteiger partial charge in [-0.25, -0.2) is 9.69 Å². The predicted molar refractivity (Wildman–Crippen MR) is 162 cm³/mol. The minimum Gasteiger partial charge on any atom is -0.497 e. The molecule has 4 amide bonds. The Morgan fingerprint density at radius 2 is 1.57 bits per heavy atom. The van der Waals surface area contributed by atoms with E-state index in [-0.39, 0.29) is 35.9 Å². The van der Waals surface area contributed by atoms with Crippen LogP contribution in [-0.2, 0) is 22.8 Å². The quantitative estimate of drug-likeness (QED) is 0.0983. The Labute approximate surface area is 256 Å². The highest BCUT2D eigenvalue weighted by molar-refractivity contribution is 6.39. The lowest BCUT2D eigenvalue weighted by atomic mass is 10.1. The summed E-state index contributed by atoms with van der Waals surface area (Å²) in [6.45, 7) is 0.247. The lowest BCUT2D eigenvalue weighted by Crippen LogP contribution is -2.54. The second-order valence-corrected chi connectivity index (χ2v) is 9.92. The molecule has 1 fully saturated rings. The van der Waals surface area contributed by atoms with Gasteiger partial charge in [0.1, 0.15) is 36.0 Å². The number of anilines is 1. The zero-order valence-electron chi connectivity index (χ0n) is 23.2. The Kier molecular flexibility index (Phi) is 8.87. The molecule has 0 saturated carbocycles. The molecule has 12 heteroatoms. The van der Waals surface area contributed by atoms with Gasteiger partial charge in [-0.2, -0.15) is 0 Å². The second-order valence-electron chi connectivity index (χ2n) is 9.49. The number of urea groups is 1. The summed E-state index contributed by atoms with van der Waals surface area (Å²) in [6, 6.07) is 23.3. The molecule has 0 spiro atoms. The summed E-state index contributed by atoms with van der Waals surface area (Å²) < 4.78 is 17.0. The van der Waals surface area contributed by atoms with Gasteiger partial charge in [0.2, 0.25) is 0 Å². The zero-order valence-corrected chi connectivity index (χ0v) is 23.9. The number of halogens is 1. The summed E-state index contributed by atoms with van der Waals surface area (Å²) in [5.74, 6) is -0.525. The maximum absolute atomic E-state index is 13.5. The SMILES string of the molecule is COc1ccc(/C=C2\C(=O)NC(=O)N(c3ccc(OCc4ccc(Cl)cc4)cc3)C2=O)c(OCc2cccc([N+](=O)[O-])c2)c1. The molecule has 44 heavy (non-hydrogen) atoms. The molecule has 0 unspecified atom stereocenters. The van der Waals surface area contributed by atoms with Crippen molar-refractivity contribution in [2.75, 3.05) is 12.0 Å². The van der Waals surface area contributed by atoms with Crippen molar-refractivity contribution in [1.82, 2.24) is 5.32 Å². The second kappa shape index (κ2) is 13.1. The van der Waals surface area contributed by atoms with Crippen molar-refractivity contribution in [3.63, 3.8) is 0 Å². The summed E-state index contributed by atoms with van der Waals surface area (Å²) >= 11 is 5.92. The molecule has 11 nitrogen and oxygen atoms in total. The number of rotatable bonds is 10. The lowest BCUT2D eigenvalue weighted by molar-refractivity contribution is -0.384. The third-order valence-electron chi connectivity index (χ3n) is 6.55. The molecule has 4 aromatic carbocycles. The first kappa shape index (κ1) is 29.8. The first-order chi connectivity index (χ1) is 21.2. The number of ether oxygens (including phenoxy) is 3. The van der Waals surface area contributed by atoms with Gasteiger partial charge in [-0.05, 0) is 65.7 Å². The van der Waals surface area contributed by atoms with Crippen LogP contribution in [0, 0.1) is 10.1 Å². The molecule has 0 radical (unpaired) electrons. The topological polar surface area (TPSA) is 137 Å². The number of carbonyl (C=O) groups excluding carboxylic acids is 3. The van der Waals surface area contributed by atoms with E-state index in [1.54, 1.807) is 54.6 Å². The molecule has 4 aromatic rings. The standard InChI is InChI=1S/C32H24ClN3O8/c1-42-27-12-7-22(29(17-27)44-19-21-3-2-4-25(15-21)36(40)41)16-28-30(37)34-32(39)35(31(28)38)24-10-13-26(14-11-24)43-18-20-5-8-23(33)9-6-20/h2-17H,18-19H2,1H3,(H,34,37,39)/b28-16+. The molecule has 0 aromatic heterocycles. The highest BCUT2D eigenvalue weighted by atomic mass is 35.5. The van der Waals surface area contributed by atoms with Crippen LogP contribution in [0.4, 0.5) is 16.2 Å². The number of benzene rings is 4. The fourth-order valence-electron chi connectivity index (χ4n) is 4.29. The Morgan fingerprint density at radius 3 is 2.27 bits per heavy atom. The van der Waals surface area contributed by atoms with Crippen LogP contribution in [-0.4, -0.2) is 29.9 Å². The van der Waals surface area contributed by atoms with Crippen molar-refractivity contribution < 1.29 is 33.5 Å². The van der Waals surface area contributed by atoms with Gasteiger partial charge in [0, 0.05) is 28.8 Å². The van der Waals surface area contributed by atoms with E-state index in [4.69, 9.17) is 25.8 Å². The van der Waals surface area contributed by atoms with Crippen LogP contribution in [0.3, 0.4) is 0 Å². The van der Waals surface area contributed by atoms with E-state index >= 15 is 0 Å². The Bertz CT molecular complexity index is 1770. The molecule has 0 bridgehead atoms. The van der Waals surface area contributed by atoms with Gasteiger partial charge in [-0.3, -0.25) is 25.0 Å². The van der Waals surface area contributed by atoms with Crippen molar-refractivity contribution in [3.05, 3.63) is 128 Å². The minimum absolute atomic E-state index is 0.0395. The summed E-state index contributed by atoms with van der Waals surface area (Å²) in [5.41, 5.74) is 1.61. The first-order valence-corrected chi connectivity index (χ1v) is 13.5. The zero-order chi connectivity index (χ0) is 31.2. The van der Waals surface area contributed by atoms with E-state index in [9.17, 15) is 24.5 Å². The lowest BCUT2D eigenvalue weighted by Gasteiger charge is -2.26. The molecular formula is C32H24ClN3O8. The fourth-order valence-corrected chi connectivity index (χ4v) is 4.42. The number of nitrogens with zero attached hydrogens (tertiary/aromatic N) is 2.